The van der Waals surface area contributed by atoms with Crippen molar-refractivity contribution in [2.45, 2.75) is 31.8 Å². The van der Waals surface area contributed by atoms with Crippen molar-refractivity contribution >= 4 is 5.91 Å². The molecule has 1 aliphatic rings. The van der Waals surface area contributed by atoms with E-state index in [-0.39, 0.29) is 11.9 Å². The molecule has 24 heavy (non-hydrogen) atoms. The highest BCUT2D eigenvalue weighted by Crippen LogP contribution is 2.13. The molecule has 1 aromatic carbocycles. The van der Waals surface area contributed by atoms with Crippen LogP contribution in [-0.2, 0) is 24.2 Å². The highest BCUT2D eigenvalue weighted by Gasteiger charge is 2.20. The van der Waals surface area contributed by atoms with Crippen molar-refractivity contribution in [1.82, 2.24) is 24.6 Å². The van der Waals surface area contributed by atoms with Crippen LogP contribution in [0.3, 0.4) is 0 Å². The number of para-hydroxylation sites is 1. The van der Waals surface area contributed by atoms with Gasteiger partial charge in [0.05, 0.1) is 18.3 Å². The van der Waals surface area contributed by atoms with Gasteiger partial charge in [0.25, 0.3) is 0 Å². The molecule has 0 unspecified atom stereocenters. The number of hydrogen-bond donors (Lipinski definition) is 1. The van der Waals surface area contributed by atoms with E-state index in [4.69, 9.17) is 0 Å². The Bertz CT molecular complexity index is 836. The number of aryl methyl sites for hydroxylation is 1. The molecule has 3 aromatic rings. The summed E-state index contributed by atoms with van der Waals surface area (Å²) in [4.78, 5) is 16.6. The Hall–Kier alpha value is -2.89. The summed E-state index contributed by atoms with van der Waals surface area (Å²) in [5.74, 6) is 1.14. The van der Waals surface area contributed by atoms with E-state index >= 15 is 0 Å². The fourth-order valence-corrected chi connectivity index (χ4v) is 3.12. The van der Waals surface area contributed by atoms with E-state index in [1.54, 1.807) is 10.9 Å². The summed E-state index contributed by atoms with van der Waals surface area (Å²) in [6.45, 7) is 0.796. The summed E-state index contributed by atoms with van der Waals surface area (Å²) in [5.41, 5.74) is 1.90. The Morgan fingerprint density at radius 3 is 3.04 bits per heavy atom. The molecule has 0 saturated heterocycles. The molecule has 122 valence electrons. The van der Waals surface area contributed by atoms with Crippen molar-refractivity contribution in [2.24, 2.45) is 0 Å². The topological polar surface area (TPSA) is 64.7 Å². The molecule has 0 fully saturated rings. The maximum atomic E-state index is 12.3. The van der Waals surface area contributed by atoms with Gasteiger partial charge in [-0.05, 0) is 24.1 Å². The van der Waals surface area contributed by atoms with Crippen LogP contribution in [-0.4, -0.2) is 31.3 Å². The van der Waals surface area contributed by atoms with Crippen LogP contribution in [0.1, 0.15) is 17.8 Å². The van der Waals surface area contributed by atoms with Crippen molar-refractivity contribution < 1.29 is 4.79 Å². The molecule has 1 aliphatic heterocycles. The fourth-order valence-electron chi connectivity index (χ4n) is 3.12. The molecule has 0 saturated carbocycles. The third-order valence-corrected chi connectivity index (χ3v) is 4.32. The molecule has 1 N–H and O–H groups in total. The lowest BCUT2D eigenvalue weighted by atomic mass is 10.1. The summed E-state index contributed by atoms with van der Waals surface area (Å²) in [6.07, 6.45) is 9.64. The number of benzene rings is 1. The first-order valence-corrected chi connectivity index (χ1v) is 8.16. The molecule has 2 aromatic heterocycles. The summed E-state index contributed by atoms with van der Waals surface area (Å²) in [7, 11) is 0. The lowest BCUT2D eigenvalue weighted by Gasteiger charge is -2.24. The summed E-state index contributed by atoms with van der Waals surface area (Å²) in [6, 6.07) is 10.1. The number of imidazole rings is 1. The average Bonchev–Trinajstić information content (AvgIpc) is 3.24. The highest BCUT2D eigenvalue weighted by atomic mass is 16.1. The largest absolute Gasteiger partial charge is 0.351 e. The van der Waals surface area contributed by atoms with Gasteiger partial charge in [-0.1, -0.05) is 18.2 Å². The number of carbonyl (C=O) groups is 1. The highest BCUT2D eigenvalue weighted by molar-refractivity contribution is 5.78. The van der Waals surface area contributed by atoms with E-state index in [0.29, 0.717) is 6.42 Å². The zero-order valence-corrected chi connectivity index (χ0v) is 13.3. The smallest absolute Gasteiger partial charge is 0.224 e. The first-order chi connectivity index (χ1) is 11.8. The maximum Gasteiger partial charge on any atom is 0.224 e. The van der Waals surface area contributed by atoms with E-state index < -0.39 is 0 Å². The maximum absolute atomic E-state index is 12.3. The van der Waals surface area contributed by atoms with Gasteiger partial charge in [-0.15, -0.1) is 0 Å². The Kier molecular flexibility index (Phi) is 3.86. The minimum atomic E-state index is 0.0381. The van der Waals surface area contributed by atoms with Crippen LogP contribution in [0.5, 0.6) is 0 Å². The van der Waals surface area contributed by atoms with Crippen molar-refractivity contribution in [1.29, 1.82) is 0 Å². The van der Waals surface area contributed by atoms with Crippen LogP contribution in [0.4, 0.5) is 0 Å². The molecule has 6 heteroatoms. The second-order valence-electron chi connectivity index (χ2n) is 6.10. The number of carbonyl (C=O) groups excluding carboxylic acids is 1. The van der Waals surface area contributed by atoms with Crippen LogP contribution < -0.4 is 5.32 Å². The summed E-state index contributed by atoms with van der Waals surface area (Å²) in [5, 5.41) is 7.46. The van der Waals surface area contributed by atoms with E-state index in [2.05, 4.69) is 20.0 Å². The van der Waals surface area contributed by atoms with Gasteiger partial charge in [0.15, 0.2) is 0 Å². The second kappa shape index (κ2) is 6.31. The predicted molar refractivity (Wildman–Crippen MR) is 89.7 cm³/mol. The molecule has 0 bridgehead atoms. The monoisotopic (exact) mass is 321 g/mol. The second-order valence-corrected chi connectivity index (χ2v) is 6.10. The Labute approximate surface area is 140 Å². The zero-order chi connectivity index (χ0) is 16.4. The number of hydrogen-bond acceptors (Lipinski definition) is 3. The van der Waals surface area contributed by atoms with Crippen LogP contribution in [0.15, 0.2) is 55.1 Å². The van der Waals surface area contributed by atoms with E-state index in [9.17, 15) is 4.79 Å². The normalized spacial score (nSPS) is 16.6. The quantitative estimate of drug-likeness (QED) is 0.796. The number of rotatable bonds is 4. The van der Waals surface area contributed by atoms with Crippen molar-refractivity contribution in [3.8, 4) is 5.69 Å². The molecule has 0 spiro atoms. The van der Waals surface area contributed by atoms with Crippen LogP contribution in [0.25, 0.3) is 5.69 Å². The molecule has 3 heterocycles. The van der Waals surface area contributed by atoms with Gasteiger partial charge in [0, 0.05) is 37.6 Å². The predicted octanol–water partition coefficient (Wildman–Crippen LogP) is 1.74. The van der Waals surface area contributed by atoms with Crippen LogP contribution >= 0.6 is 0 Å². The number of nitrogens with one attached hydrogen (secondary N) is 1. The molecule has 6 nitrogen and oxygen atoms in total. The van der Waals surface area contributed by atoms with E-state index in [0.717, 1.165) is 36.5 Å². The van der Waals surface area contributed by atoms with Crippen molar-refractivity contribution in [3.05, 3.63) is 66.5 Å². The van der Waals surface area contributed by atoms with E-state index in [1.165, 1.54) is 0 Å². The summed E-state index contributed by atoms with van der Waals surface area (Å²) >= 11 is 0. The van der Waals surface area contributed by atoms with E-state index in [1.807, 2.05) is 48.9 Å². The molecule has 4 rings (SSSR count). The Balaban J connectivity index is 1.36. The van der Waals surface area contributed by atoms with Gasteiger partial charge in [0.2, 0.25) is 5.91 Å². The number of aromatic nitrogens is 4. The third kappa shape index (κ3) is 3.08. The van der Waals surface area contributed by atoms with Crippen LogP contribution in [0.2, 0.25) is 0 Å². The number of amides is 1. The fraction of sp³-hybridized carbons (Fsp3) is 0.278. The van der Waals surface area contributed by atoms with Gasteiger partial charge in [-0.3, -0.25) is 4.79 Å². The standard InChI is InChI=1S/C18H19N5O/c24-18(21-15-6-7-17-19-8-9-22(17)13-15)10-14-11-20-23(12-14)16-4-2-1-3-5-16/h1-5,8-9,11-12,15H,6-7,10,13H2,(H,21,24)/t15-/m0/s1. The average molecular weight is 321 g/mol. The van der Waals surface area contributed by atoms with Gasteiger partial charge in [0.1, 0.15) is 5.82 Å². The van der Waals surface area contributed by atoms with Crippen LogP contribution in [0, 0.1) is 0 Å². The van der Waals surface area contributed by atoms with Gasteiger partial charge >= 0.3 is 0 Å². The molecular weight excluding hydrogens is 302 g/mol. The van der Waals surface area contributed by atoms with Gasteiger partial charge in [-0.2, -0.15) is 5.10 Å². The SMILES string of the molecule is O=C(Cc1cnn(-c2ccccc2)c1)N[C@H]1CCc2nccn2C1. The minimum Gasteiger partial charge on any atom is -0.351 e. The van der Waals surface area contributed by atoms with Gasteiger partial charge in [-0.25, -0.2) is 9.67 Å². The first-order valence-electron chi connectivity index (χ1n) is 8.16. The van der Waals surface area contributed by atoms with Gasteiger partial charge < -0.3 is 9.88 Å². The Morgan fingerprint density at radius 1 is 1.29 bits per heavy atom. The summed E-state index contributed by atoms with van der Waals surface area (Å²) < 4.78 is 3.91. The zero-order valence-electron chi connectivity index (χ0n) is 13.3. The molecule has 0 radical (unpaired) electrons. The molecule has 0 aliphatic carbocycles. The molecule has 1 atom stereocenters. The lowest BCUT2D eigenvalue weighted by molar-refractivity contribution is -0.121. The lowest BCUT2D eigenvalue weighted by Crippen LogP contribution is -2.41. The van der Waals surface area contributed by atoms with Crippen molar-refractivity contribution in [2.75, 3.05) is 0 Å². The van der Waals surface area contributed by atoms with Crippen molar-refractivity contribution in [3.63, 3.8) is 0 Å². The minimum absolute atomic E-state index is 0.0381. The molecular formula is C18H19N5O. The first kappa shape index (κ1) is 14.7. The Morgan fingerprint density at radius 2 is 2.17 bits per heavy atom. The molecule has 1 amide bonds. The third-order valence-electron chi connectivity index (χ3n) is 4.32. The number of fused-ring (bicyclic) bond motifs is 1. The number of nitrogens with zero attached hydrogens (tertiary/aromatic N) is 4.